The van der Waals surface area contributed by atoms with Crippen LogP contribution >= 0.6 is 0 Å². The summed E-state index contributed by atoms with van der Waals surface area (Å²) in [6.45, 7) is 4.75. The van der Waals surface area contributed by atoms with Crippen LogP contribution in [0.4, 0.5) is 0 Å². The third-order valence-corrected chi connectivity index (χ3v) is 4.71. The molecule has 5 heteroatoms. The smallest absolute Gasteiger partial charge is 0.272 e. The first-order chi connectivity index (χ1) is 10.2. The second-order valence-electron chi connectivity index (χ2n) is 6.51. The first kappa shape index (κ1) is 14.6. The van der Waals surface area contributed by atoms with Crippen LogP contribution in [0, 0.1) is 11.8 Å². The van der Waals surface area contributed by atoms with Crippen molar-refractivity contribution in [3.63, 3.8) is 0 Å². The van der Waals surface area contributed by atoms with E-state index in [0.29, 0.717) is 17.5 Å². The Hall–Kier alpha value is -1.36. The monoisotopic (exact) mass is 291 g/mol. The number of H-pyrrole nitrogens is 1. The number of ether oxygens (including phenoxy) is 1. The molecule has 1 aromatic heterocycles. The van der Waals surface area contributed by atoms with Crippen LogP contribution in [0.3, 0.4) is 0 Å². The lowest BCUT2D eigenvalue weighted by molar-refractivity contribution is 0.0946. The van der Waals surface area contributed by atoms with Gasteiger partial charge in [-0.3, -0.25) is 9.89 Å². The van der Waals surface area contributed by atoms with Crippen molar-refractivity contribution in [3.05, 3.63) is 17.0 Å². The van der Waals surface area contributed by atoms with Crippen LogP contribution in [0.2, 0.25) is 0 Å². The number of hydrogen-bond acceptors (Lipinski definition) is 3. The fourth-order valence-corrected chi connectivity index (χ4v) is 3.34. The average Bonchev–Trinajstić information content (AvgIpc) is 3.12. The summed E-state index contributed by atoms with van der Waals surface area (Å²) in [6, 6.07) is 0. The predicted molar refractivity (Wildman–Crippen MR) is 80.3 cm³/mol. The van der Waals surface area contributed by atoms with Gasteiger partial charge in [-0.05, 0) is 50.4 Å². The highest BCUT2D eigenvalue weighted by Crippen LogP contribution is 2.26. The number of fused-ring (bicyclic) bond motifs is 1. The number of carbonyl (C=O) groups excluding carboxylic acids is 1. The predicted octanol–water partition coefficient (Wildman–Crippen LogP) is 2.08. The quantitative estimate of drug-likeness (QED) is 0.816. The summed E-state index contributed by atoms with van der Waals surface area (Å²) in [4.78, 5) is 12.3. The Bertz CT molecular complexity index is 492. The largest absolute Gasteiger partial charge is 0.381 e. The van der Waals surface area contributed by atoms with E-state index >= 15 is 0 Å². The Balaban J connectivity index is 1.48. The van der Waals surface area contributed by atoms with E-state index in [-0.39, 0.29) is 5.91 Å². The van der Waals surface area contributed by atoms with E-state index in [0.717, 1.165) is 56.7 Å². The molecule has 116 valence electrons. The Morgan fingerprint density at radius 3 is 3.19 bits per heavy atom. The third-order valence-electron chi connectivity index (χ3n) is 4.71. The van der Waals surface area contributed by atoms with Gasteiger partial charge in [0.2, 0.25) is 0 Å². The van der Waals surface area contributed by atoms with Crippen molar-refractivity contribution in [1.29, 1.82) is 0 Å². The second-order valence-corrected chi connectivity index (χ2v) is 6.51. The molecule has 1 aromatic rings. The molecule has 0 bridgehead atoms. The molecule has 21 heavy (non-hydrogen) atoms. The van der Waals surface area contributed by atoms with Crippen LogP contribution in [0.1, 0.15) is 54.4 Å². The number of nitrogens with one attached hydrogen (secondary N) is 2. The van der Waals surface area contributed by atoms with Crippen LogP contribution < -0.4 is 5.32 Å². The average molecular weight is 291 g/mol. The minimum absolute atomic E-state index is 0.0238. The summed E-state index contributed by atoms with van der Waals surface area (Å²) in [5.41, 5.74) is 2.90. The van der Waals surface area contributed by atoms with E-state index in [4.69, 9.17) is 4.74 Å². The molecule has 2 atom stereocenters. The number of nitrogens with zero attached hydrogens (tertiary/aromatic N) is 1. The van der Waals surface area contributed by atoms with Crippen molar-refractivity contribution in [2.75, 3.05) is 19.8 Å². The topological polar surface area (TPSA) is 67.0 Å². The maximum absolute atomic E-state index is 12.3. The van der Waals surface area contributed by atoms with Crippen LogP contribution in [0.5, 0.6) is 0 Å². The zero-order valence-corrected chi connectivity index (χ0v) is 12.8. The minimum atomic E-state index is -0.0238. The minimum Gasteiger partial charge on any atom is -0.381 e. The van der Waals surface area contributed by atoms with Gasteiger partial charge in [0.05, 0.1) is 0 Å². The Labute approximate surface area is 125 Å². The SMILES string of the molecule is CC1CCc2[nH]nc(C(=O)NCCCC3CCOC3)c2C1. The maximum Gasteiger partial charge on any atom is 0.272 e. The van der Waals surface area contributed by atoms with E-state index in [9.17, 15) is 4.79 Å². The summed E-state index contributed by atoms with van der Waals surface area (Å²) in [7, 11) is 0. The normalized spacial score (nSPS) is 24.8. The number of aromatic amines is 1. The number of aromatic nitrogens is 2. The number of hydrogen-bond donors (Lipinski definition) is 2. The molecule has 2 unspecified atom stereocenters. The molecular weight excluding hydrogens is 266 g/mol. The Morgan fingerprint density at radius 2 is 2.38 bits per heavy atom. The fraction of sp³-hybridized carbons (Fsp3) is 0.750. The van der Waals surface area contributed by atoms with E-state index in [1.807, 2.05) is 0 Å². The molecule has 2 aliphatic rings. The summed E-state index contributed by atoms with van der Waals surface area (Å²) in [5.74, 6) is 1.30. The van der Waals surface area contributed by atoms with E-state index in [1.165, 1.54) is 12.8 Å². The molecule has 0 spiro atoms. The van der Waals surface area contributed by atoms with Crippen LogP contribution in [0.25, 0.3) is 0 Å². The molecule has 3 rings (SSSR count). The van der Waals surface area contributed by atoms with Gasteiger partial charge in [-0.15, -0.1) is 0 Å². The fourth-order valence-electron chi connectivity index (χ4n) is 3.34. The molecule has 5 nitrogen and oxygen atoms in total. The lowest BCUT2D eigenvalue weighted by Crippen LogP contribution is -2.27. The van der Waals surface area contributed by atoms with E-state index in [1.54, 1.807) is 0 Å². The van der Waals surface area contributed by atoms with Gasteiger partial charge in [0.15, 0.2) is 5.69 Å². The molecule has 1 saturated heterocycles. The molecule has 0 radical (unpaired) electrons. The van der Waals surface area contributed by atoms with Gasteiger partial charge >= 0.3 is 0 Å². The highest BCUT2D eigenvalue weighted by Gasteiger charge is 2.24. The number of amides is 1. The summed E-state index contributed by atoms with van der Waals surface area (Å²) < 4.78 is 5.36. The zero-order valence-electron chi connectivity index (χ0n) is 12.8. The Kier molecular flexibility index (Phi) is 4.58. The van der Waals surface area contributed by atoms with Crippen LogP contribution in [0.15, 0.2) is 0 Å². The first-order valence-electron chi connectivity index (χ1n) is 8.16. The summed E-state index contributed by atoms with van der Waals surface area (Å²) >= 11 is 0. The maximum atomic E-state index is 12.3. The van der Waals surface area contributed by atoms with Crippen molar-refractivity contribution in [3.8, 4) is 0 Å². The lowest BCUT2D eigenvalue weighted by atomic mass is 9.87. The third kappa shape index (κ3) is 3.46. The molecule has 1 aliphatic carbocycles. The van der Waals surface area contributed by atoms with Crippen LogP contribution in [-0.2, 0) is 17.6 Å². The summed E-state index contributed by atoms with van der Waals surface area (Å²) in [5, 5.41) is 10.3. The molecule has 2 heterocycles. The van der Waals surface area contributed by atoms with Crippen molar-refractivity contribution < 1.29 is 9.53 Å². The van der Waals surface area contributed by atoms with Gasteiger partial charge in [0, 0.05) is 31.0 Å². The van der Waals surface area contributed by atoms with Crippen molar-refractivity contribution >= 4 is 5.91 Å². The first-order valence-corrected chi connectivity index (χ1v) is 8.16. The van der Waals surface area contributed by atoms with Crippen LogP contribution in [-0.4, -0.2) is 35.9 Å². The van der Waals surface area contributed by atoms with Gasteiger partial charge in [-0.25, -0.2) is 0 Å². The van der Waals surface area contributed by atoms with Crippen molar-refractivity contribution in [2.45, 2.75) is 45.4 Å². The summed E-state index contributed by atoms with van der Waals surface area (Å²) in [6.07, 6.45) is 6.48. The molecule has 1 amide bonds. The molecule has 2 N–H and O–H groups in total. The molecule has 0 aromatic carbocycles. The van der Waals surface area contributed by atoms with E-state index < -0.39 is 0 Å². The highest BCUT2D eigenvalue weighted by molar-refractivity contribution is 5.94. The van der Waals surface area contributed by atoms with Gasteiger partial charge < -0.3 is 10.1 Å². The number of rotatable bonds is 5. The van der Waals surface area contributed by atoms with Gasteiger partial charge in [-0.1, -0.05) is 6.92 Å². The van der Waals surface area contributed by atoms with Crippen molar-refractivity contribution in [2.24, 2.45) is 11.8 Å². The van der Waals surface area contributed by atoms with Crippen molar-refractivity contribution in [1.82, 2.24) is 15.5 Å². The molecular formula is C16H25N3O2. The zero-order chi connectivity index (χ0) is 14.7. The highest BCUT2D eigenvalue weighted by atomic mass is 16.5. The van der Waals surface area contributed by atoms with Gasteiger partial charge in [0.1, 0.15) is 0 Å². The second kappa shape index (κ2) is 6.60. The number of carbonyl (C=O) groups is 1. The molecule has 0 saturated carbocycles. The van der Waals surface area contributed by atoms with E-state index in [2.05, 4.69) is 22.4 Å². The lowest BCUT2D eigenvalue weighted by Gasteiger charge is -2.18. The van der Waals surface area contributed by atoms with Gasteiger partial charge in [-0.2, -0.15) is 5.10 Å². The Morgan fingerprint density at radius 1 is 1.48 bits per heavy atom. The standard InChI is InChI=1S/C16H25N3O2/c1-11-4-5-14-13(9-11)15(19-18-14)16(20)17-7-2-3-12-6-8-21-10-12/h11-12H,2-10H2,1H3,(H,17,20)(H,18,19). The van der Waals surface area contributed by atoms with Gasteiger partial charge in [0.25, 0.3) is 5.91 Å². The molecule has 1 fully saturated rings. The molecule has 1 aliphatic heterocycles. The number of aryl methyl sites for hydroxylation is 1.